The van der Waals surface area contributed by atoms with E-state index in [-0.39, 0.29) is 25.3 Å². The van der Waals surface area contributed by atoms with Crippen molar-refractivity contribution in [2.24, 2.45) is 0 Å². The lowest BCUT2D eigenvalue weighted by atomic mass is 10.2. The molecule has 0 atom stereocenters. The summed E-state index contributed by atoms with van der Waals surface area (Å²) in [5, 5.41) is 8.75. The van der Waals surface area contributed by atoms with Gasteiger partial charge in [-0.2, -0.15) is 0 Å². The van der Waals surface area contributed by atoms with Crippen LogP contribution in [0.2, 0.25) is 0 Å². The number of anilines is 1. The van der Waals surface area contributed by atoms with Crippen LogP contribution in [0.5, 0.6) is 0 Å². The number of hydrogen-bond donors (Lipinski definition) is 1. The highest BCUT2D eigenvalue weighted by Gasteiger charge is 2.22. The van der Waals surface area contributed by atoms with Crippen LogP contribution in [0.15, 0.2) is 24.3 Å². The molecule has 0 fully saturated rings. The largest absolute Gasteiger partial charge is 0.481 e. The van der Waals surface area contributed by atoms with Gasteiger partial charge in [0.15, 0.2) is 0 Å². The second kappa shape index (κ2) is 7.25. The smallest absolute Gasteiger partial charge is 0.305 e. The molecular weight excluding hydrogens is 282 g/mol. The van der Waals surface area contributed by atoms with Gasteiger partial charge >= 0.3 is 5.97 Å². The molecule has 0 radical (unpaired) electrons. The van der Waals surface area contributed by atoms with E-state index in [1.807, 2.05) is 6.92 Å². The van der Waals surface area contributed by atoms with E-state index in [2.05, 4.69) is 0 Å². The number of carbonyl (C=O) groups is 1. The number of nitrogens with zero attached hydrogens (tertiary/aromatic N) is 1. The first-order valence-corrected chi connectivity index (χ1v) is 7.75. The van der Waals surface area contributed by atoms with Crippen molar-refractivity contribution in [3.63, 3.8) is 0 Å². The third kappa shape index (κ3) is 4.82. The normalized spacial score (nSPS) is 11.3. The van der Waals surface area contributed by atoms with Crippen LogP contribution >= 0.6 is 0 Å². The standard InChI is InChI=1S/C13H19NO5S/c1-11-3-5-12(6-4-11)14(8-7-13(15)16)20(17,18)10-9-19-2/h3-6H,7-10H2,1-2H3,(H,15,16). The van der Waals surface area contributed by atoms with Gasteiger partial charge in [-0.15, -0.1) is 0 Å². The van der Waals surface area contributed by atoms with E-state index in [0.29, 0.717) is 5.69 Å². The number of aryl methyl sites for hydroxylation is 1. The van der Waals surface area contributed by atoms with Gasteiger partial charge in [0.25, 0.3) is 0 Å². The predicted octanol–water partition coefficient (Wildman–Crippen LogP) is 1.25. The molecule has 0 amide bonds. The van der Waals surface area contributed by atoms with Crippen LogP contribution in [0.4, 0.5) is 5.69 Å². The van der Waals surface area contributed by atoms with Gasteiger partial charge in [0.1, 0.15) is 0 Å². The Morgan fingerprint density at radius 1 is 1.30 bits per heavy atom. The summed E-state index contributed by atoms with van der Waals surface area (Å²) in [6.45, 7) is 1.87. The van der Waals surface area contributed by atoms with E-state index >= 15 is 0 Å². The first-order valence-electron chi connectivity index (χ1n) is 6.14. The first-order chi connectivity index (χ1) is 9.36. The van der Waals surface area contributed by atoms with Crippen molar-refractivity contribution in [1.29, 1.82) is 0 Å². The fourth-order valence-electron chi connectivity index (χ4n) is 1.64. The quantitative estimate of drug-likeness (QED) is 0.781. The van der Waals surface area contributed by atoms with Crippen molar-refractivity contribution in [2.45, 2.75) is 13.3 Å². The molecule has 1 aromatic carbocycles. The highest BCUT2D eigenvalue weighted by atomic mass is 32.2. The van der Waals surface area contributed by atoms with Gasteiger partial charge in [-0.25, -0.2) is 8.42 Å². The predicted molar refractivity (Wildman–Crippen MR) is 76.4 cm³/mol. The maximum absolute atomic E-state index is 12.2. The van der Waals surface area contributed by atoms with Gasteiger partial charge in [0.2, 0.25) is 10.0 Å². The SMILES string of the molecule is COCCS(=O)(=O)N(CCC(=O)O)c1ccc(C)cc1. The van der Waals surface area contributed by atoms with Crippen LogP contribution in [0.1, 0.15) is 12.0 Å². The molecule has 20 heavy (non-hydrogen) atoms. The number of rotatable bonds is 8. The van der Waals surface area contributed by atoms with E-state index in [1.165, 1.54) is 7.11 Å². The lowest BCUT2D eigenvalue weighted by Crippen LogP contribution is -2.36. The first kappa shape index (κ1) is 16.5. The van der Waals surface area contributed by atoms with Crippen LogP contribution in [-0.4, -0.2) is 45.5 Å². The van der Waals surface area contributed by atoms with Gasteiger partial charge in [-0.3, -0.25) is 9.10 Å². The minimum Gasteiger partial charge on any atom is -0.481 e. The summed E-state index contributed by atoms with van der Waals surface area (Å²) in [6, 6.07) is 6.91. The van der Waals surface area contributed by atoms with Crippen LogP contribution < -0.4 is 4.31 Å². The lowest BCUT2D eigenvalue weighted by molar-refractivity contribution is -0.136. The van der Waals surface area contributed by atoms with E-state index in [4.69, 9.17) is 9.84 Å². The molecule has 0 unspecified atom stereocenters. The summed E-state index contributed by atoms with van der Waals surface area (Å²) in [5.41, 5.74) is 1.47. The number of ether oxygens (including phenoxy) is 1. The number of sulfonamides is 1. The molecule has 7 heteroatoms. The zero-order valence-electron chi connectivity index (χ0n) is 11.6. The summed E-state index contributed by atoms with van der Waals surface area (Å²) in [5.74, 6) is -1.22. The monoisotopic (exact) mass is 301 g/mol. The van der Waals surface area contributed by atoms with Crippen molar-refractivity contribution in [3.8, 4) is 0 Å². The molecule has 0 aromatic heterocycles. The van der Waals surface area contributed by atoms with E-state index in [0.717, 1.165) is 9.87 Å². The Bertz CT molecular complexity index is 538. The Morgan fingerprint density at radius 2 is 1.90 bits per heavy atom. The molecule has 0 aliphatic heterocycles. The maximum atomic E-state index is 12.2. The Hall–Kier alpha value is -1.60. The third-order valence-corrected chi connectivity index (χ3v) is 4.48. The molecule has 0 aliphatic rings. The van der Waals surface area contributed by atoms with Crippen molar-refractivity contribution in [3.05, 3.63) is 29.8 Å². The zero-order chi connectivity index (χ0) is 15.2. The van der Waals surface area contributed by atoms with Crippen LogP contribution in [0, 0.1) is 6.92 Å². The molecule has 0 saturated carbocycles. The molecule has 112 valence electrons. The molecule has 1 rings (SSSR count). The van der Waals surface area contributed by atoms with E-state index in [9.17, 15) is 13.2 Å². The van der Waals surface area contributed by atoms with Crippen molar-refractivity contribution in [1.82, 2.24) is 0 Å². The van der Waals surface area contributed by atoms with Crippen LogP contribution in [0.25, 0.3) is 0 Å². The number of hydrogen-bond acceptors (Lipinski definition) is 4. The van der Waals surface area contributed by atoms with E-state index < -0.39 is 16.0 Å². The number of carboxylic acids is 1. The minimum atomic E-state index is -3.60. The topological polar surface area (TPSA) is 83.9 Å². The Morgan fingerprint density at radius 3 is 2.40 bits per heavy atom. The number of methoxy groups -OCH3 is 1. The molecule has 0 bridgehead atoms. The fourth-order valence-corrected chi connectivity index (χ4v) is 3.05. The molecule has 0 spiro atoms. The van der Waals surface area contributed by atoms with Gasteiger partial charge < -0.3 is 9.84 Å². The number of benzene rings is 1. The Balaban J connectivity index is 3.01. The Labute approximate surface area is 119 Å². The van der Waals surface area contributed by atoms with Gasteiger partial charge in [-0.05, 0) is 19.1 Å². The third-order valence-electron chi connectivity index (χ3n) is 2.73. The summed E-state index contributed by atoms with van der Waals surface area (Å²) in [4.78, 5) is 10.7. The van der Waals surface area contributed by atoms with Gasteiger partial charge in [0.05, 0.1) is 24.5 Å². The summed E-state index contributed by atoms with van der Waals surface area (Å²) >= 11 is 0. The van der Waals surface area contributed by atoms with Crippen LogP contribution in [-0.2, 0) is 19.6 Å². The molecule has 1 N–H and O–H groups in total. The lowest BCUT2D eigenvalue weighted by Gasteiger charge is -2.23. The summed E-state index contributed by atoms with van der Waals surface area (Å²) in [7, 11) is -2.18. The molecule has 0 heterocycles. The van der Waals surface area contributed by atoms with Crippen LogP contribution in [0.3, 0.4) is 0 Å². The molecule has 1 aromatic rings. The average Bonchev–Trinajstić information content (AvgIpc) is 2.38. The summed E-state index contributed by atoms with van der Waals surface area (Å²) < 4.78 is 30.4. The van der Waals surface area contributed by atoms with Crippen molar-refractivity contribution in [2.75, 3.05) is 30.3 Å². The number of aliphatic carboxylic acids is 1. The fraction of sp³-hybridized carbons (Fsp3) is 0.462. The highest BCUT2D eigenvalue weighted by Crippen LogP contribution is 2.19. The molecule has 6 nitrogen and oxygen atoms in total. The second-order valence-corrected chi connectivity index (χ2v) is 6.37. The minimum absolute atomic E-state index is 0.0672. The zero-order valence-corrected chi connectivity index (χ0v) is 12.4. The van der Waals surface area contributed by atoms with Gasteiger partial charge in [0, 0.05) is 13.7 Å². The van der Waals surface area contributed by atoms with E-state index in [1.54, 1.807) is 24.3 Å². The molecular formula is C13H19NO5S. The van der Waals surface area contributed by atoms with Gasteiger partial charge in [-0.1, -0.05) is 17.7 Å². The molecule has 0 aliphatic carbocycles. The molecule has 0 saturated heterocycles. The van der Waals surface area contributed by atoms with Crippen molar-refractivity contribution >= 4 is 21.7 Å². The average molecular weight is 301 g/mol. The Kier molecular flexibility index (Phi) is 5.97. The second-order valence-electron chi connectivity index (χ2n) is 4.36. The number of carboxylic acid groups (broad SMARTS) is 1. The highest BCUT2D eigenvalue weighted by molar-refractivity contribution is 7.92. The summed E-state index contributed by atoms with van der Waals surface area (Å²) in [6.07, 6.45) is -0.250. The van der Waals surface area contributed by atoms with Crippen molar-refractivity contribution < 1.29 is 23.1 Å². The maximum Gasteiger partial charge on any atom is 0.305 e.